The summed E-state index contributed by atoms with van der Waals surface area (Å²) < 4.78 is 2.37. The van der Waals surface area contributed by atoms with E-state index in [1.54, 1.807) is 5.56 Å². The summed E-state index contributed by atoms with van der Waals surface area (Å²) in [6.07, 6.45) is 3.46. The van der Waals surface area contributed by atoms with E-state index in [2.05, 4.69) is 48.0 Å². The van der Waals surface area contributed by atoms with E-state index in [0.29, 0.717) is 0 Å². The molecule has 1 aromatic carbocycles. The van der Waals surface area contributed by atoms with Gasteiger partial charge < -0.3 is 9.47 Å². The van der Waals surface area contributed by atoms with Crippen LogP contribution in [0.4, 0.5) is 0 Å². The third kappa shape index (κ3) is 1.98. The summed E-state index contributed by atoms with van der Waals surface area (Å²) in [5, 5.41) is 1.46. The molecule has 1 aromatic heterocycles. The molecule has 0 unspecified atom stereocenters. The average Bonchev–Trinajstić information content (AvgIpc) is 2.91. The number of fused-ring (bicyclic) bond motifs is 3. The molecule has 2 aromatic rings. The number of benzene rings is 1. The molecule has 0 bridgehead atoms. The number of hydrogen-bond donors (Lipinski definition) is 0. The molecule has 0 atom stereocenters. The van der Waals surface area contributed by atoms with Gasteiger partial charge in [-0.25, -0.2) is 0 Å². The summed E-state index contributed by atoms with van der Waals surface area (Å²) in [5.74, 6) is 1.25. The van der Waals surface area contributed by atoms with Crippen LogP contribution in [0.2, 0.25) is 0 Å². The van der Waals surface area contributed by atoms with Crippen molar-refractivity contribution in [3.05, 3.63) is 30.0 Å². The molecule has 17 heavy (non-hydrogen) atoms. The predicted octanol–water partition coefficient (Wildman–Crippen LogP) is 2.85. The van der Waals surface area contributed by atoms with Gasteiger partial charge in [0.2, 0.25) is 0 Å². The van der Waals surface area contributed by atoms with Crippen molar-refractivity contribution in [2.75, 3.05) is 26.4 Å². The zero-order valence-electron chi connectivity index (χ0n) is 10.4. The minimum absolute atomic E-state index is 1.07. The van der Waals surface area contributed by atoms with Crippen LogP contribution >= 0.6 is 11.8 Å². The minimum atomic E-state index is 1.07. The number of aromatic nitrogens is 1. The third-order valence-electron chi connectivity index (χ3n) is 3.42. The summed E-state index contributed by atoms with van der Waals surface area (Å²) in [4.78, 5) is 3.72. The molecule has 0 fully saturated rings. The minimum Gasteiger partial charge on any atom is -0.346 e. The number of likely N-dealkylation sites (N-methyl/N-ethyl adjacent to an activating group) is 1. The van der Waals surface area contributed by atoms with Crippen molar-refractivity contribution >= 4 is 22.7 Å². The number of aryl methyl sites for hydroxylation is 1. The SMILES string of the molecule is CN(C)CCn1ccc2c3c(ccc21)SCC3. The average molecular weight is 246 g/mol. The first-order valence-corrected chi connectivity index (χ1v) is 7.12. The second-order valence-electron chi connectivity index (χ2n) is 4.89. The monoisotopic (exact) mass is 246 g/mol. The van der Waals surface area contributed by atoms with E-state index in [0.717, 1.165) is 13.1 Å². The Kier molecular flexibility index (Phi) is 2.89. The van der Waals surface area contributed by atoms with Crippen LogP contribution in [0.5, 0.6) is 0 Å². The third-order valence-corrected chi connectivity index (χ3v) is 4.52. The smallest absolute Gasteiger partial charge is 0.0484 e. The first-order valence-electron chi connectivity index (χ1n) is 6.14. The molecule has 90 valence electrons. The van der Waals surface area contributed by atoms with Crippen molar-refractivity contribution in [1.82, 2.24) is 9.47 Å². The lowest BCUT2D eigenvalue weighted by Crippen LogP contribution is -2.17. The lowest BCUT2D eigenvalue weighted by molar-refractivity contribution is 0.387. The first kappa shape index (κ1) is 11.2. The summed E-state index contributed by atoms with van der Waals surface area (Å²) in [7, 11) is 4.25. The molecule has 0 saturated carbocycles. The fourth-order valence-electron chi connectivity index (χ4n) is 2.47. The Labute approximate surface area is 107 Å². The maximum absolute atomic E-state index is 2.37. The quantitative estimate of drug-likeness (QED) is 0.823. The van der Waals surface area contributed by atoms with Gasteiger partial charge >= 0.3 is 0 Å². The molecule has 3 rings (SSSR count). The highest BCUT2D eigenvalue weighted by molar-refractivity contribution is 7.99. The van der Waals surface area contributed by atoms with Gasteiger partial charge in [-0.1, -0.05) is 0 Å². The van der Waals surface area contributed by atoms with Gasteiger partial charge in [-0.3, -0.25) is 0 Å². The molecule has 1 aliphatic heterocycles. The second kappa shape index (κ2) is 4.39. The van der Waals surface area contributed by atoms with Crippen molar-refractivity contribution in [3.8, 4) is 0 Å². The molecule has 0 spiro atoms. The van der Waals surface area contributed by atoms with E-state index >= 15 is 0 Å². The van der Waals surface area contributed by atoms with Crippen molar-refractivity contribution in [3.63, 3.8) is 0 Å². The summed E-state index contributed by atoms with van der Waals surface area (Å²) in [6, 6.07) is 6.86. The van der Waals surface area contributed by atoms with Gasteiger partial charge in [0.05, 0.1) is 0 Å². The normalized spacial score (nSPS) is 14.8. The summed E-state index contributed by atoms with van der Waals surface area (Å²) in [6.45, 7) is 2.16. The van der Waals surface area contributed by atoms with Gasteiger partial charge in [0, 0.05) is 40.8 Å². The Hall–Kier alpha value is -0.930. The molecule has 1 aliphatic rings. The van der Waals surface area contributed by atoms with Crippen LogP contribution in [-0.4, -0.2) is 35.9 Å². The number of hydrogen-bond acceptors (Lipinski definition) is 2. The van der Waals surface area contributed by atoms with E-state index in [9.17, 15) is 0 Å². The molecule has 3 heteroatoms. The van der Waals surface area contributed by atoms with E-state index in [1.165, 1.54) is 28.0 Å². The standard InChI is InChI=1S/C14H18N2S/c1-15(2)8-9-16-7-5-11-12-6-10-17-14(12)4-3-13(11)16/h3-5,7H,6,8-10H2,1-2H3. The molecular formula is C14H18N2S. The van der Waals surface area contributed by atoms with E-state index < -0.39 is 0 Å². The lowest BCUT2D eigenvalue weighted by atomic mass is 10.1. The van der Waals surface area contributed by atoms with Gasteiger partial charge in [0.15, 0.2) is 0 Å². The molecule has 2 nitrogen and oxygen atoms in total. The Morgan fingerprint density at radius 1 is 1.29 bits per heavy atom. The highest BCUT2D eigenvalue weighted by Crippen LogP contribution is 2.36. The highest BCUT2D eigenvalue weighted by atomic mass is 32.2. The fraction of sp³-hybridized carbons (Fsp3) is 0.429. The van der Waals surface area contributed by atoms with Gasteiger partial charge in [0.25, 0.3) is 0 Å². The van der Waals surface area contributed by atoms with Crippen LogP contribution in [0, 0.1) is 0 Å². The van der Waals surface area contributed by atoms with E-state index in [4.69, 9.17) is 0 Å². The van der Waals surface area contributed by atoms with Crippen molar-refractivity contribution < 1.29 is 0 Å². The summed E-state index contributed by atoms with van der Waals surface area (Å²) in [5.41, 5.74) is 2.96. The lowest BCUT2D eigenvalue weighted by Gasteiger charge is -2.11. The van der Waals surface area contributed by atoms with E-state index in [-0.39, 0.29) is 0 Å². The molecule has 0 saturated heterocycles. The number of rotatable bonds is 3. The Bertz CT molecular complexity index is 542. The van der Waals surface area contributed by atoms with Crippen molar-refractivity contribution in [2.24, 2.45) is 0 Å². The first-order chi connectivity index (χ1) is 8.25. The van der Waals surface area contributed by atoms with Crippen LogP contribution in [0.25, 0.3) is 10.9 Å². The Morgan fingerprint density at radius 3 is 3.00 bits per heavy atom. The van der Waals surface area contributed by atoms with Crippen LogP contribution < -0.4 is 0 Å². The molecule has 0 radical (unpaired) electrons. The summed E-state index contributed by atoms with van der Waals surface area (Å²) >= 11 is 1.99. The maximum Gasteiger partial charge on any atom is 0.0484 e. The predicted molar refractivity (Wildman–Crippen MR) is 74.9 cm³/mol. The zero-order valence-corrected chi connectivity index (χ0v) is 11.3. The second-order valence-corrected chi connectivity index (χ2v) is 6.02. The zero-order chi connectivity index (χ0) is 11.8. The van der Waals surface area contributed by atoms with Gasteiger partial charge in [-0.15, -0.1) is 11.8 Å². The topological polar surface area (TPSA) is 8.17 Å². The van der Waals surface area contributed by atoms with Crippen LogP contribution in [-0.2, 0) is 13.0 Å². The van der Waals surface area contributed by atoms with Gasteiger partial charge in [-0.2, -0.15) is 0 Å². The highest BCUT2D eigenvalue weighted by Gasteiger charge is 2.15. The molecule has 2 heterocycles. The van der Waals surface area contributed by atoms with Crippen molar-refractivity contribution in [2.45, 2.75) is 17.9 Å². The fourth-order valence-corrected chi connectivity index (χ4v) is 3.55. The maximum atomic E-state index is 2.37. The number of nitrogens with zero attached hydrogens (tertiary/aromatic N) is 2. The van der Waals surface area contributed by atoms with E-state index in [1.807, 2.05) is 11.8 Å². The van der Waals surface area contributed by atoms with Crippen molar-refractivity contribution in [1.29, 1.82) is 0 Å². The molecular weight excluding hydrogens is 228 g/mol. The largest absolute Gasteiger partial charge is 0.346 e. The van der Waals surface area contributed by atoms with Gasteiger partial charge in [0.1, 0.15) is 0 Å². The molecule has 0 aliphatic carbocycles. The Balaban J connectivity index is 1.99. The Morgan fingerprint density at radius 2 is 2.18 bits per heavy atom. The number of thioether (sulfide) groups is 1. The molecule has 0 N–H and O–H groups in total. The van der Waals surface area contributed by atoms with Crippen LogP contribution in [0.1, 0.15) is 5.56 Å². The van der Waals surface area contributed by atoms with Crippen LogP contribution in [0.15, 0.2) is 29.3 Å². The molecule has 0 amide bonds. The van der Waals surface area contributed by atoms with Gasteiger partial charge in [-0.05, 0) is 44.3 Å². The van der Waals surface area contributed by atoms with Crippen LogP contribution in [0.3, 0.4) is 0 Å².